The Morgan fingerprint density at radius 2 is 2.05 bits per heavy atom. The predicted octanol–water partition coefficient (Wildman–Crippen LogP) is 0.391. The summed E-state index contributed by atoms with van der Waals surface area (Å²) in [6.07, 6.45) is 0.792. The minimum atomic E-state index is -0.509. The van der Waals surface area contributed by atoms with Crippen molar-refractivity contribution in [1.82, 2.24) is 10.2 Å². The van der Waals surface area contributed by atoms with Crippen molar-refractivity contribution in [2.24, 2.45) is 0 Å². The molecule has 0 bridgehead atoms. The maximum Gasteiger partial charge on any atom is 0.264 e. The average molecular weight is 261 g/mol. The van der Waals surface area contributed by atoms with Crippen LogP contribution in [0.1, 0.15) is 34.1 Å². The molecule has 6 nitrogen and oxygen atoms in total. The van der Waals surface area contributed by atoms with Gasteiger partial charge in [-0.15, -0.1) is 0 Å². The Morgan fingerprint density at radius 3 is 2.68 bits per heavy atom. The van der Waals surface area contributed by atoms with Gasteiger partial charge in [0.15, 0.2) is 0 Å². The molecule has 6 heteroatoms. The van der Waals surface area contributed by atoms with E-state index in [9.17, 15) is 14.4 Å². The fourth-order valence-electron chi connectivity index (χ4n) is 1.97. The van der Waals surface area contributed by atoms with E-state index in [0.29, 0.717) is 6.54 Å². The highest BCUT2D eigenvalue weighted by Crippen LogP contribution is 2.27. The molecule has 0 saturated carbocycles. The molecule has 0 saturated heterocycles. The number of carbonyl (C=O) groups is 3. The van der Waals surface area contributed by atoms with Gasteiger partial charge >= 0.3 is 0 Å². The summed E-state index contributed by atoms with van der Waals surface area (Å²) in [6.45, 7) is 2.17. The van der Waals surface area contributed by atoms with Crippen molar-refractivity contribution in [3.05, 3.63) is 29.3 Å². The van der Waals surface area contributed by atoms with E-state index in [-0.39, 0.29) is 29.3 Å². The Hall–Kier alpha value is -2.37. The minimum Gasteiger partial charge on any atom is -0.398 e. The van der Waals surface area contributed by atoms with Crippen molar-refractivity contribution in [3.63, 3.8) is 0 Å². The number of rotatable bonds is 4. The van der Waals surface area contributed by atoms with Crippen LogP contribution in [0.4, 0.5) is 5.69 Å². The van der Waals surface area contributed by atoms with Crippen molar-refractivity contribution in [2.75, 3.05) is 18.8 Å². The third kappa shape index (κ3) is 2.29. The summed E-state index contributed by atoms with van der Waals surface area (Å²) >= 11 is 0. The minimum absolute atomic E-state index is 0.191. The van der Waals surface area contributed by atoms with Crippen LogP contribution in [-0.2, 0) is 4.79 Å². The van der Waals surface area contributed by atoms with E-state index in [1.54, 1.807) is 12.1 Å². The molecule has 1 aliphatic rings. The molecule has 1 aliphatic heterocycles. The van der Waals surface area contributed by atoms with Gasteiger partial charge in [-0.2, -0.15) is 0 Å². The van der Waals surface area contributed by atoms with E-state index in [0.717, 1.165) is 11.3 Å². The summed E-state index contributed by atoms with van der Waals surface area (Å²) in [7, 11) is 0. The van der Waals surface area contributed by atoms with Crippen LogP contribution in [0, 0.1) is 0 Å². The Bertz CT molecular complexity index is 554. The van der Waals surface area contributed by atoms with Crippen molar-refractivity contribution in [1.29, 1.82) is 0 Å². The first kappa shape index (κ1) is 13.1. The van der Waals surface area contributed by atoms with Gasteiger partial charge in [-0.25, -0.2) is 0 Å². The standard InChI is InChI=1S/C13H15N3O3/c1-2-6-15-10(17)7-16-12(18)8-4-3-5-9(14)11(8)13(16)19/h3-5H,2,6-7,14H2,1H3,(H,15,17). The number of imide groups is 1. The van der Waals surface area contributed by atoms with Crippen LogP contribution in [-0.4, -0.2) is 35.7 Å². The smallest absolute Gasteiger partial charge is 0.264 e. The quantitative estimate of drug-likeness (QED) is 0.605. The summed E-state index contributed by atoms with van der Waals surface area (Å²) in [5, 5.41) is 2.63. The highest BCUT2D eigenvalue weighted by atomic mass is 16.2. The lowest BCUT2D eigenvalue weighted by atomic mass is 10.1. The molecule has 1 heterocycles. The van der Waals surface area contributed by atoms with Crippen molar-refractivity contribution in [3.8, 4) is 0 Å². The van der Waals surface area contributed by atoms with Gasteiger partial charge in [0, 0.05) is 12.2 Å². The molecular formula is C13H15N3O3. The highest BCUT2D eigenvalue weighted by molar-refractivity contribution is 6.24. The lowest BCUT2D eigenvalue weighted by molar-refractivity contribution is -0.121. The van der Waals surface area contributed by atoms with E-state index >= 15 is 0 Å². The molecule has 0 fully saturated rings. The van der Waals surface area contributed by atoms with Crippen LogP contribution in [0.2, 0.25) is 0 Å². The number of nitrogens with zero attached hydrogens (tertiary/aromatic N) is 1. The molecule has 0 radical (unpaired) electrons. The summed E-state index contributed by atoms with van der Waals surface area (Å²) in [4.78, 5) is 36.6. The molecular weight excluding hydrogens is 246 g/mol. The largest absolute Gasteiger partial charge is 0.398 e. The molecule has 19 heavy (non-hydrogen) atoms. The maximum absolute atomic E-state index is 12.1. The monoisotopic (exact) mass is 261 g/mol. The molecule has 100 valence electrons. The number of anilines is 1. The SMILES string of the molecule is CCCNC(=O)CN1C(=O)c2cccc(N)c2C1=O. The zero-order valence-corrected chi connectivity index (χ0v) is 10.6. The number of nitrogens with one attached hydrogen (secondary N) is 1. The van der Waals surface area contributed by atoms with Crippen LogP contribution in [0.15, 0.2) is 18.2 Å². The lowest BCUT2D eigenvalue weighted by Crippen LogP contribution is -2.40. The molecule has 3 amide bonds. The molecule has 0 aliphatic carbocycles. The zero-order valence-electron chi connectivity index (χ0n) is 10.6. The van der Waals surface area contributed by atoms with Crippen LogP contribution < -0.4 is 11.1 Å². The summed E-state index contributed by atoms with van der Waals surface area (Å²) in [5.74, 6) is -1.33. The fraction of sp³-hybridized carbons (Fsp3) is 0.308. The number of hydrogen-bond acceptors (Lipinski definition) is 4. The second kappa shape index (κ2) is 5.09. The molecule has 3 N–H and O–H groups in total. The van der Waals surface area contributed by atoms with Gasteiger partial charge in [-0.1, -0.05) is 13.0 Å². The van der Waals surface area contributed by atoms with Crippen molar-refractivity contribution >= 4 is 23.4 Å². The number of fused-ring (bicyclic) bond motifs is 1. The topological polar surface area (TPSA) is 92.5 Å². The van der Waals surface area contributed by atoms with Gasteiger partial charge in [0.25, 0.3) is 11.8 Å². The number of nitrogen functional groups attached to an aromatic ring is 1. The average Bonchev–Trinajstić information content (AvgIpc) is 2.63. The number of nitrogens with two attached hydrogens (primary N) is 1. The molecule has 0 unspecified atom stereocenters. The van der Waals surface area contributed by atoms with E-state index in [1.807, 2.05) is 6.92 Å². The zero-order chi connectivity index (χ0) is 14.0. The van der Waals surface area contributed by atoms with Gasteiger partial charge in [0.05, 0.1) is 11.1 Å². The first-order chi connectivity index (χ1) is 9.06. The molecule has 2 rings (SSSR count). The van der Waals surface area contributed by atoms with Crippen LogP contribution in [0.25, 0.3) is 0 Å². The first-order valence-corrected chi connectivity index (χ1v) is 6.07. The summed E-state index contributed by atoms with van der Waals surface area (Å²) < 4.78 is 0. The van der Waals surface area contributed by atoms with Gasteiger partial charge in [-0.05, 0) is 18.6 Å². The van der Waals surface area contributed by atoms with Gasteiger partial charge in [-0.3, -0.25) is 19.3 Å². The first-order valence-electron chi connectivity index (χ1n) is 6.07. The van der Waals surface area contributed by atoms with Crippen LogP contribution >= 0.6 is 0 Å². The van der Waals surface area contributed by atoms with Gasteiger partial charge in [0.1, 0.15) is 6.54 Å². The number of carbonyl (C=O) groups excluding carboxylic acids is 3. The molecule has 1 aromatic rings. The van der Waals surface area contributed by atoms with Crippen molar-refractivity contribution < 1.29 is 14.4 Å². The van der Waals surface area contributed by atoms with E-state index in [4.69, 9.17) is 5.73 Å². The maximum atomic E-state index is 12.1. The summed E-state index contributed by atoms with van der Waals surface area (Å²) in [6, 6.07) is 4.71. The number of hydrogen-bond donors (Lipinski definition) is 2. The van der Waals surface area contributed by atoms with Gasteiger partial charge < -0.3 is 11.1 Å². The fourth-order valence-corrected chi connectivity index (χ4v) is 1.97. The van der Waals surface area contributed by atoms with E-state index < -0.39 is 11.8 Å². The van der Waals surface area contributed by atoms with Crippen LogP contribution in [0.3, 0.4) is 0 Å². The normalized spacial score (nSPS) is 13.6. The Labute approximate surface area is 110 Å². The molecule has 0 aromatic heterocycles. The number of amides is 3. The molecule has 0 spiro atoms. The Kier molecular flexibility index (Phi) is 3.50. The Balaban J connectivity index is 2.19. The second-order valence-electron chi connectivity index (χ2n) is 4.32. The van der Waals surface area contributed by atoms with Gasteiger partial charge in [0.2, 0.25) is 5.91 Å². The van der Waals surface area contributed by atoms with E-state index in [1.165, 1.54) is 6.07 Å². The van der Waals surface area contributed by atoms with Crippen LogP contribution in [0.5, 0.6) is 0 Å². The third-order valence-corrected chi connectivity index (χ3v) is 2.91. The molecule has 0 atom stereocenters. The van der Waals surface area contributed by atoms with Crippen molar-refractivity contribution in [2.45, 2.75) is 13.3 Å². The van der Waals surface area contributed by atoms with E-state index in [2.05, 4.69) is 5.32 Å². The molecule has 1 aromatic carbocycles. The summed E-state index contributed by atoms with van der Waals surface area (Å²) in [5.41, 5.74) is 6.40. The number of benzene rings is 1. The lowest BCUT2D eigenvalue weighted by Gasteiger charge is -2.13. The second-order valence-corrected chi connectivity index (χ2v) is 4.32. The highest BCUT2D eigenvalue weighted by Gasteiger charge is 2.37. The predicted molar refractivity (Wildman–Crippen MR) is 69.5 cm³/mol. The third-order valence-electron chi connectivity index (χ3n) is 2.91. The Morgan fingerprint density at radius 1 is 1.32 bits per heavy atom.